The number of esters is 1. The minimum Gasteiger partial charge on any atom is -0.497 e. The van der Waals surface area contributed by atoms with Gasteiger partial charge in [-0.1, -0.05) is 0 Å². The Bertz CT molecular complexity index is 400. The van der Waals surface area contributed by atoms with E-state index in [2.05, 4.69) is 4.74 Å². The maximum atomic E-state index is 10.9. The molecule has 92 valence electrons. The Morgan fingerprint density at radius 2 is 2.12 bits per heavy atom. The average molecular weight is 238 g/mol. The van der Waals surface area contributed by atoms with E-state index in [0.717, 1.165) is 0 Å². The van der Waals surface area contributed by atoms with Gasteiger partial charge >= 0.3 is 5.97 Å². The summed E-state index contributed by atoms with van der Waals surface area (Å²) in [6, 6.07) is 4.86. The standard InChI is InChI=1S/C12H14O5/c1-15-10-4-3-9(8-13)11(7-10)17-6-5-12(14)16-2/h3-4,7-8H,5-6H2,1-2H3. The van der Waals surface area contributed by atoms with Crippen molar-refractivity contribution in [3.05, 3.63) is 23.8 Å². The van der Waals surface area contributed by atoms with Crippen molar-refractivity contribution in [1.82, 2.24) is 0 Å². The SMILES string of the molecule is COC(=O)CCOc1cc(OC)ccc1C=O. The predicted molar refractivity (Wildman–Crippen MR) is 60.5 cm³/mol. The average Bonchev–Trinajstić information content (AvgIpc) is 2.38. The molecule has 0 bridgehead atoms. The summed E-state index contributed by atoms with van der Waals surface area (Å²) >= 11 is 0. The Kier molecular flexibility index (Phi) is 5.00. The second-order valence-electron chi connectivity index (χ2n) is 3.20. The summed E-state index contributed by atoms with van der Waals surface area (Å²) in [5.41, 5.74) is 0.413. The summed E-state index contributed by atoms with van der Waals surface area (Å²) in [6.45, 7) is 0.153. The predicted octanol–water partition coefficient (Wildman–Crippen LogP) is 1.45. The van der Waals surface area contributed by atoms with Gasteiger partial charge in [-0.15, -0.1) is 0 Å². The third kappa shape index (κ3) is 3.79. The molecule has 1 rings (SSSR count). The molecule has 0 fully saturated rings. The Morgan fingerprint density at radius 3 is 2.71 bits per heavy atom. The van der Waals surface area contributed by atoms with Crippen molar-refractivity contribution in [3.63, 3.8) is 0 Å². The maximum Gasteiger partial charge on any atom is 0.308 e. The van der Waals surface area contributed by atoms with Gasteiger partial charge in [0.1, 0.15) is 11.5 Å². The van der Waals surface area contributed by atoms with Gasteiger partial charge in [-0.2, -0.15) is 0 Å². The summed E-state index contributed by atoms with van der Waals surface area (Å²) < 4.78 is 14.8. The molecule has 5 heteroatoms. The highest BCUT2D eigenvalue weighted by molar-refractivity contribution is 5.79. The lowest BCUT2D eigenvalue weighted by molar-refractivity contribution is -0.141. The lowest BCUT2D eigenvalue weighted by Crippen LogP contribution is -2.08. The number of ether oxygens (including phenoxy) is 3. The molecular formula is C12H14O5. The minimum atomic E-state index is -0.361. The van der Waals surface area contributed by atoms with Crippen molar-refractivity contribution >= 4 is 12.3 Å². The topological polar surface area (TPSA) is 61.8 Å². The maximum absolute atomic E-state index is 10.9. The molecule has 0 unspecified atom stereocenters. The normalized spacial score (nSPS) is 9.53. The van der Waals surface area contributed by atoms with Gasteiger partial charge in [-0.3, -0.25) is 9.59 Å². The van der Waals surface area contributed by atoms with Gasteiger partial charge in [0.25, 0.3) is 0 Å². The van der Waals surface area contributed by atoms with Gasteiger partial charge in [-0.25, -0.2) is 0 Å². The van der Waals surface area contributed by atoms with Crippen molar-refractivity contribution in [2.75, 3.05) is 20.8 Å². The van der Waals surface area contributed by atoms with Crippen LogP contribution in [-0.4, -0.2) is 33.1 Å². The second kappa shape index (κ2) is 6.52. The molecule has 0 amide bonds. The molecule has 0 heterocycles. The van der Waals surface area contributed by atoms with Gasteiger partial charge < -0.3 is 14.2 Å². The Hall–Kier alpha value is -2.04. The number of carbonyl (C=O) groups is 2. The van der Waals surface area contributed by atoms with Crippen LogP contribution in [-0.2, 0) is 9.53 Å². The van der Waals surface area contributed by atoms with E-state index in [1.807, 2.05) is 0 Å². The zero-order chi connectivity index (χ0) is 12.7. The van der Waals surface area contributed by atoms with Crippen molar-refractivity contribution in [1.29, 1.82) is 0 Å². The Labute approximate surface area is 99.3 Å². The number of hydrogen-bond donors (Lipinski definition) is 0. The molecule has 0 saturated heterocycles. The van der Waals surface area contributed by atoms with Crippen LogP contribution in [0.2, 0.25) is 0 Å². The molecule has 0 aliphatic heterocycles. The summed E-state index contributed by atoms with van der Waals surface area (Å²) in [6.07, 6.45) is 0.818. The van der Waals surface area contributed by atoms with Gasteiger partial charge in [0.15, 0.2) is 6.29 Å². The minimum absolute atomic E-state index is 0.131. The monoisotopic (exact) mass is 238 g/mol. The smallest absolute Gasteiger partial charge is 0.308 e. The van der Waals surface area contributed by atoms with Crippen LogP contribution < -0.4 is 9.47 Å². The number of methoxy groups -OCH3 is 2. The molecule has 0 aliphatic rings. The van der Waals surface area contributed by atoms with Crippen LogP contribution >= 0.6 is 0 Å². The summed E-state index contributed by atoms with van der Waals surface area (Å²) in [4.78, 5) is 21.7. The molecule has 0 saturated carbocycles. The number of aldehydes is 1. The zero-order valence-electron chi connectivity index (χ0n) is 9.76. The van der Waals surface area contributed by atoms with E-state index < -0.39 is 0 Å². The largest absolute Gasteiger partial charge is 0.497 e. The number of rotatable bonds is 6. The highest BCUT2D eigenvalue weighted by atomic mass is 16.5. The lowest BCUT2D eigenvalue weighted by atomic mass is 10.2. The fourth-order valence-corrected chi connectivity index (χ4v) is 1.21. The molecule has 1 aromatic carbocycles. The highest BCUT2D eigenvalue weighted by Gasteiger charge is 2.06. The van der Waals surface area contributed by atoms with E-state index in [9.17, 15) is 9.59 Å². The third-order valence-electron chi connectivity index (χ3n) is 2.14. The molecule has 0 N–H and O–H groups in total. The molecular weight excluding hydrogens is 224 g/mol. The van der Waals surface area contributed by atoms with Crippen LogP contribution in [0.25, 0.3) is 0 Å². The van der Waals surface area contributed by atoms with E-state index in [0.29, 0.717) is 23.3 Å². The quantitative estimate of drug-likeness (QED) is 0.554. The molecule has 0 aromatic heterocycles. The zero-order valence-corrected chi connectivity index (χ0v) is 9.76. The number of benzene rings is 1. The molecule has 1 aromatic rings. The van der Waals surface area contributed by atoms with E-state index in [4.69, 9.17) is 9.47 Å². The van der Waals surface area contributed by atoms with Gasteiger partial charge in [0.2, 0.25) is 0 Å². The number of carbonyl (C=O) groups excluding carboxylic acids is 2. The first-order valence-electron chi connectivity index (χ1n) is 5.04. The molecule has 0 atom stereocenters. The highest BCUT2D eigenvalue weighted by Crippen LogP contribution is 2.23. The van der Waals surface area contributed by atoms with Gasteiger partial charge in [0.05, 0.1) is 32.8 Å². The van der Waals surface area contributed by atoms with Gasteiger partial charge in [0, 0.05) is 6.07 Å². The Morgan fingerprint density at radius 1 is 1.35 bits per heavy atom. The van der Waals surface area contributed by atoms with Crippen LogP contribution in [0, 0.1) is 0 Å². The van der Waals surface area contributed by atoms with Crippen molar-refractivity contribution in [3.8, 4) is 11.5 Å². The van der Waals surface area contributed by atoms with E-state index in [1.165, 1.54) is 14.2 Å². The first-order chi connectivity index (χ1) is 8.21. The van der Waals surface area contributed by atoms with Crippen molar-refractivity contribution in [2.24, 2.45) is 0 Å². The summed E-state index contributed by atoms with van der Waals surface area (Å²) in [5, 5.41) is 0. The summed E-state index contributed by atoms with van der Waals surface area (Å²) in [7, 11) is 2.83. The van der Waals surface area contributed by atoms with E-state index >= 15 is 0 Å². The molecule has 0 radical (unpaired) electrons. The first kappa shape index (κ1) is 13.0. The molecule has 17 heavy (non-hydrogen) atoms. The fraction of sp³-hybridized carbons (Fsp3) is 0.333. The van der Waals surface area contributed by atoms with Crippen molar-refractivity contribution in [2.45, 2.75) is 6.42 Å². The molecule has 0 spiro atoms. The third-order valence-corrected chi connectivity index (χ3v) is 2.14. The van der Waals surface area contributed by atoms with E-state index in [-0.39, 0.29) is 19.0 Å². The van der Waals surface area contributed by atoms with Crippen LogP contribution in [0.1, 0.15) is 16.8 Å². The van der Waals surface area contributed by atoms with E-state index in [1.54, 1.807) is 18.2 Å². The summed E-state index contributed by atoms with van der Waals surface area (Å²) in [5.74, 6) is 0.618. The first-order valence-corrected chi connectivity index (χ1v) is 5.04. The lowest BCUT2D eigenvalue weighted by Gasteiger charge is -2.09. The fourth-order valence-electron chi connectivity index (χ4n) is 1.21. The van der Waals surface area contributed by atoms with Gasteiger partial charge in [-0.05, 0) is 12.1 Å². The van der Waals surface area contributed by atoms with Crippen LogP contribution in [0.5, 0.6) is 11.5 Å². The molecule has 0 aliphatic carbocycles. The van der Waals surface area contributed by atoms with Crippen LogP contribution in [0.4, 0.5) is 0 Å². The second-order valence-corrected chi connectivity index (χ2v) is 3.20. The Balaban J connectivity index is 2.67. The number of hydrogen-bond acceptors (Lipinski definition) is 5. The molecule has 5 nitrogen and oxygen atoms in total. The van der Waals surface area contributed by atoms with Crippen molar-refractivity contribution < 1.29 is 23.8 Å². The van der Waals surface area contributed by atoms with Crippen LogP contribution in [0.3, 0.4) is 0 Å². The van der Waals surface area contributed by atoms with Crippen LogP contribution in [0.15, 0.2) is 18.2 Å².